The lowest BCUT2D eigenvalue weighted by atomic mass is 9.93. The molecule has 28 heavy (non-hydrogen) atoms. The number of imidazole rings is 1. The molecule has 1 N–H and O–H groups in total. The molecule has 0 radical (unpaired) electrons. The maximum absolute atomic E-state index is 13.8. The van der Waals surface area contributed by atoms with Crippen molar-refractivity contribution >= 4 is 5.91 Å². The van der Waals surface area contributed by atoms with Crippen molar-refractivity contribution in [3.8, 4) is 0 Å². The number of carbonyl (C=O) groups excluding carboxylic acids is 1. The molecule has 5 heteroatoms. The van der Waals surface area contributed by atoms with Crippen molar-refractivity contribution in [2.45, 2.75) is 64.6 Å². The summed E-state index contributed by atoms with van der Waals surface area (Å²) in [6, 6.07) is 6.65. The number of hydrogen-bond donors (Lipinski definition) is 1. The first-order chi connectivity index (χ1) is 13.7. The van der Waals surface area contributed by atoms with Gasteiger partial charge in [-0.25, -0.2) is 4.98 Å². The third-order valence-corrected chi connectivity index (χ3v) is 7.21. The lowest BCUT2D eigenvalue weighted by molar-refractivity contribution is 0.0684. The number of benzene rings is 1. The lowest BCUT2D eigenvalue weighted by Gasteiger charge is -2.30. The van der Waals surface area contributed by atoms with Gasteiger partial charge in [-0.3, -0.25) is 4.79 Å². The van der Waals surface area contributed by atoms with Gasteiger partial charge < -0.3 is 14.8 Å². The zero-order valence-electron chi connectivity index (χ0n) is 16.8. The van der Waals surface area contributed by atoms with Gasteiger partial charge in [-0.1, -0.05) is 12.1 Å². The number of nitrogens with one attached hydrogen (secondary N) is 1. The van der Waals surface area contributed by atoms with Gasteiger partial charge in [0.2, 0.25) is 0 Å². The van der Waals surface area contributed by atoms with Crippen LogP contribution in [0.4, 0.5) is 0 Å². The smallest absolute Gasteiger partial charge is 0.254 e. The first-order valence-electron chi connectivity index (χ1n) is 10.8. The molecule has 2 fully saturated rings. The molecule has 1 saturated heterocycles. The average molecular weight is 379 g/mol. The maximum Gasteiger partial charge on any atom is 0.254 e. The van der Waals surface area contributed by atoms with Crippen molar-refractivity contribution in [1.29, 1.82) is 0 Å². The van der Waals surface area contributed by atoms with Crippen molar-refractivity contribution in [3.05, 3.63) is 53.1 Å². The monoisotopic (exact) mass is 378 g/mol. The average Bonchev–Trinajstić information content (AvgIpc) is 3.09. The second kappa shape index (κ2) is 7.03. The fourth-order valence-electron chi connectivity index (χ4n) is 5.46. The van der Waals surface area contributed by atoms with Crippen molar-refractivity contribution < 1.29 is 4.79 Å². The van der Waals surface area contributed by atoms with Crippen LogP contribution in [0.5, 0.6) is 0 Å². The summed E-state index contributed by atoms with van der Waals surface area (Å²) in [5, 5.41) is 3.48. The van der Waals surface area contributed by atoms with E-state index >= 15 is 0 Å². The van der Waals surface area contributed by atoms with Crippen LogP contribution >= 0.6 is 0 Å². The fourth-order valence-corrected chi connectivity index (χ4v) is 5.46. The molecule has 148 valence electrons. The topological polar surface area (TPSA) is 50.2 Å². The fraction of sp³-hybridized carbons (Fsp3) is 0.565. The first kappa shape index (κ1) is 17.9. The Morgan fingerprint density at radius 2 is 2.18 bits per heavy atom. The van der Waals surface area contributed by atoms with Crippen molar-refractivity contribution in [2.75, 3.05) is 13.1 Å². The number of piperidine rings is 1. The summed E-state index contributed by atoms with van der Waals surface area (Å²) in [4.78, 5) is 20.5. The highest BCUT2D eigenvalue weighted by molar-refractivity contribution is 5.96. The highest BCUT2D eigenvalue weighted by atomic mass is 16.2. The van der Waals surface area contributed by atoms with Gasteiger partial charge >= 0.3 is 0 Å². The second-order valence-corrected chi connectivity index (χ2v) is 8.69. The SMILES string of the molecule is CCn1ccnc1CN(C(=O)c1cccc2c1CCC2)C1CC12CCNCC2. The summed E-state index contributed by atoms with van der Waals surface area (Å²) in [7, 11) is 0. The van der Waals surface area contributed by atoms with Crippen molar-refractivity contribution in [1.82, 2.24) is 19.8 Å². The predicted octanol–water partition coefficient (Wildman–Crippen LogP) is 3.18. The van der Waals surface area contributed by atoms with E-state index < -0.39 is 0 Å². The van der Waals surface area contributed by atoms with Crippen LogP contribution in [0.1, 0.15) is 59.9 Å². The second-order valence-electron chi connectivity index (χ2n) is 8.69. The summed E-state index contributed by atoms with van der Waals surface area (Å²) >= 11 is 0. The molecule has 5 nitrogen and oxygen atoms in total. The molecular weight excluding hydrogens is 348 g/mol. The van der Waals surface area contributed by atoms with E-state index in [1.54, 1.807) is 0 Å². The summed E-state index contributed by atoms with van der Waals surface area (Å²) in [5.41, 5.74) is 3.91. The molecule has 5 rings (SSSR count). The van der Waals surface area contributed by atoms with Gasteiger partial charge in [0.25, 0.3) is 5.91 Å². The number of aromatic nitrogens is 2. The number of hydrogen-bond acceptors (Lipinski definition) is 3. The predicted molar refractivity (Wildman–Crippen MR) is 109 cm³/mol. The standard InChI is InChI=1S/C23H30N4O/c1-2-26-14-13-25-21(26)16-27(20-15-23(20)9-11-24-12-10-23)22(28)19-8-4-6-17-5-3-7-18(17)19/h4,6,8,13-14,20,24H,2-3,5,7,9-12,15-16H2,1H3. The van der Waals surface area contributed by atoms with E-state index in [2.05, 4.69) is 38.8 Å². The van der Waals surface area contributed by atoms with Crippen LogP contribution < -0.4 is 5.32 Å². The van der Waals surface area contributed by atoms with Gasteiger partial charge in [0, 0.05) is 30.5 Å². The Hall–Kier alpha value is -2.14. The molecule has 1 atom stereocenters. The molecule has 1 spiro atoms. The minimum absolute atomic E-state index is 0.213. The molecule has 3 aliphatic rings. The third-order valence-electron chi connectivity index (χ3n) is 7.21. The maximum atomic E-state index is 13.8. The normalized spacial score (nSPS) is 22.2. The van der Waals surface area contributed by atoms with E-state index in [9.17, 15) is 4.79 Å². The van der Waals surface area contributed by atoms with Crippen molar-refractivity contribution in [3.63, 3.8) is 0 Å². The first-order valence-corrected chi connectivity index (χ1v) is 10.8. The van der Waals surface area contributed by atoms with Crippen LogP contribution in [0, 0.1) is 5.41 Å². The molecular formula is C23H30N4O. The van der Waals surface area contributed by atoms with E-state index in [1.807, 2.05) is 18.5 Å². The third kappa shape index (κ3) is 2.96. The van der Waals surface area contributed by atoms with Crippen LogP contribution in [0.15, 0.2) is 30.6 Å². The lowest BCUT2D eigenvalue weighted by Crippen LogP contribution is -2.40. The molecule has 1 aliphatic heterocycles. The quantitative estimate of drug-likeness (QED) is 0.869. The van der Waals surface area contributed by atoms with E-state index in [0.29, 0.717) is 18.0 Å². The molecule has 1 aromatic heterocycles. The number of nitrogens with zero attached hydrogens (tertiary/aromatic N) is 3. The Labute approximate surface area is 167 Å². The van der Waals surface area contributed by atoms with E-state index in [0.717, 1.165) is 50.3 Å². The number of amides is 1. The Morgan fingerprint density at radius 1 is 1.32 bits per heavy atom. The van der Waals surface area contributed by atoms with Gasteiger partial charge in [-0.15, -0.1) is 0 Å². The van der Waals surface area contributed by atoms with Crippen LogP contribution in [-0.2, 0) is 25.9 Å². The number of carbonyl (C=O) groups is 1. The molecule has 1 amide bonds. The van der Waals surface area contributed by atoms with Gasteiger partial charge in [0.05, 0.1) is 6.54 Å². The van der Waals surface area contributed by atoms with E-state index in [4.69, 9.17) is 0 Å². The Bertz CT molecular complexity index is 880. The highest BCUT2D eigenvalue weighted by Crippen LogP contribution is 2.56. The summed E-state index contributed by atoms with van der Waals surface area (Å²) < 4.78 is 2.16. The van der Waals surface area contributed by atoms with Crippen LogP contribution in [0.3, 0.4) is 0 Å². The zero-order valence-corrected chi connectivity index (χ0v) is 16.8. The molecule has 2 heterocycles. The molecule has 2 aromatic rings. The molecule has 0 bridgehead atoms. The van der Waals surface area contributed by atoms with Gasteiger partial charge in [0.15, 0.2) is 0 Å². The molecule has 1 unspecified atom stereocenters. The summed E-state index contributed by atoms with van der Waals surface area (Å²) in [6.07, 6.45) is 10.7. The van der Waals surface area contributed by atoms with Crippen LogP contribution in [0.25, 0.3) is 0 Å². The van der Waals surface area contributed by atoms with Crippen LogP contribution in [-0.4, -0.2) is 39.5 Å². The van der Waals surface area contributed by atoms with Crippen LogP contribution in [0.2, 0.25) is 0 Å². The molecule has 1 aromatic carbocycles. The number of fused-ring (bicyclic) bond motifs is 1. The van der Waals surface area contributed by atoms with Crippen molar-refractivity contribution in [2.24, 2.45) is 5.41 Å². The van der Waals surface area contributed by atoms with Gasteiger partial charge in [0.1, 0.15) is 5.82 Å². The van der Waals surface area contributed by atoms with E-state index in [-0.39, 0.29) is 5.91 Å². The van der Waals surface area contributed by atoms with E-state index in [1.165, 1.54) is 30.4 Å². The zero-order chi connectivity index (χ0) is 19.1. The minimum atomic E-state index is 0.213. The highest BCUT2D eigenvalue weighted by Gasteiger charge is 2.58. The Kier molecular flexibility index (Phi) is 4.50. The van der Waals surface area contributed by atoms with Gasteiger partial charge in [-0.2, -0.15) is 0 Å². The Balaban J connectivity index is 1.48. The Morgan fingerprint density at radius 3 is 3.00 bits per heavy atom. The number of rotatable bonds is 5. The largest absolute Gasteiger partial charge is 0.334 e. The summed E-state index contributed by atoms with van der Waals surface area (Å²) in [6.45, 7) is 5.78. The molecule has 2 aliphatic carbocycles. The molecule has 1 saturated carbocycles. The summed E-state index contributed by atoms with van der Waals surface area (Å²) in [5.74, 6) is 1.21. The number of aryl methyl sites for hydroxylation is 2. The minimum Gasteiger partial charge on any atom is -0.334 e. The van der Waals surface area contributed by atoms with Gasteiger partial charge in [-0.05, 0) is 81.1 Å².